The van der Waals surface area contributed by atoms with Crippen molar-refractivity contribution in [2.24, 2.45) is 0 Å². The molecule has 0 saturated carbocycles. The van der Waals surface area contributed by atoms with Gasteiger partial charge in [-0.25, -0.2) is 0 Å². The molecule has 6 heteroatoms. The molecule has 0 saturated heterocycles. The van der Waals surface area contributed by atoms with E-state index in [1.807, 2.05) is 31.2 Å². The predicted octanol–water partition coefficient (Wildman–Crippen LogP) is 3.16. The average Bonchev–Trinajstić information content (AvgIpc) is 2.65. The first kappa shape index (κ1) is 18.6. The van der Waals surface area contributed by atoms with Crippen LogP contribution in [0.15, 0.2) is 48.5 Å². The van der Waals surface area contributed by atoms with E-state index < -0.39 is 0 Å². The second-order valence-corrected chi connectivity index (χ2v) is 5.20. The topological polar surface area (TPSA) is 68.8 Å². The summed E-state index contributed by atoms with van der Waals surface area (Å²) in [5, 5.41) is 5.89. The second kappa shape index (κ2) is 10.2. The minimum atomic E-state index is -0.123. The third kappa shape index (κ3) is 6.73. The number of hydrogen-bond donors (Lipinski definition) is 2. The number of rotatable bonds is 10. The van der Waals surface area contributed by atoms with E-state index in [9.17, 15) is 4.79 Å². The summed E-state index contributed by atoms with van der Waals surface area (Å²) in [6.45, 7) is 3.90. The van der Waals surface area contributed by atoms with Crippen molar-refractivity contribution in [3.63, 3.8) is 0 Å². The van der Waals surface area contributed by atoms with E-state index in [4.69, 9.17) is 14.2 Å². The van der Waals surface area contributed by atoms with Crippen LogP contribution in [0.3, 0.4) is 0 Å². The number of benzene rings is 2. The molecule has 0 aliphatic heterocycles. The van der Waals surface area contributed by atoms with Gasteiger partial charge in [0.05, 0.1) is 20.3 Å². The fourth-order valence-electron chi connectivity index (χ4n) is 2.09. The van der Waals surface area contributed by atoms with E-state index in [-0.39, 0.29) is 12.5 Å². The quantitative estimate of drug-likeness (QED) is 0.648. The molecule has 0 aromatic heterocycles. The summed E-state index contributed by atoms with van der Waals surface area (Å²) < 4.78 is 15.8. The molecule has 0 heterocycles. The summed E-state index contributed by atoms with van der Waals surface area (Å²) in [5.41, 5.74) is 1.58. The molecule has 0 unspecified atom stereocenters. The van der Waals surface area contributed by atoms with Gasteiger partial charge in [0.15, 0.2) is 0 Å². The highest BCUT2D eigenvalue weighted by atomic mass is 16.5. The molecule has 2 aromatic carbocycles. The van der Waals surface area contributed by atoms with Gasteiger partial charge in [-0.05, 0) is 55.5 Å². The molecule has 0 atom stereocenters. The van der Waals surface area contributed by atoms with Crippen LogP contribution in [0, 0.1) is 0 Å². The van der Waals surface area contributed by atoms with Crippen molar-refractivity contribution in [2.75, 3.05) is 44.1 Å². The van der Waals surface area contributed by atoms with E-state index in [0.29, 0.717) is 19.8 Å². The highest BCUT2D eigenvalue weighted by Gasteiger charge is 2.03. The largest absolute Gasteiger partial charge is 0.497 e. The van der Waals surface area contributed by atoms with Gasteiger partial charge in [0.25, 0.3) is 0 Å². The third-order valence-corrected chi connectivity index (χ3v) is 3.38. The number of carbonyl (C=O) groups is 1. The van der Waals surface area contributed by atoms with Gasteiger partial charge in [-0.1, -0.05) is 0 Å². The molecule has 0 spiro atoms. The number of amides is 1. The number of methoxy groups -OCH3 is 1. The Morgan fingerprint density at radius 3 is 2.20 bits per heavy atom. The monoisotopic (exact) mass is 344 g/mol. The summed E-state index contributed by atoms with van der Waals surface area (Å²) in [6.07, 6.45) is 0. The predicted molar refractivity (Wildman–Crippen MR) is 98.5 cm³/mol. The molecule has 6 nitrogen and oxygen atoms in total. The van der Waals surface area contributed by atoms with Crippen LogP contribution in [-0.2, 0) is 9.53 Å². The maximum Gasteiger partial charge on any atom is 0.243 e. The summed E-state index contributed by atoms with van der Waals surface area (Å²) >= 11 is 0. The van der Waals surface area contributed by atoms with Crippen LogP contribution in [0.5, 0.6) is 11.5 Å². The molecule has 0 radical (unpaired) electrons. The lowest BCUT2D eigenvalue weighted by molar-refractivity contribution is -0.114. The van der Waals surface area contributed by atoms with Crippen LogP contribution < -0.4 is 20.1 Å². The Morgan fingerprint density at radius 2 is 1.56 bits per heavy atom. The molecule has 2 aromatic rings. The smallest absolute Gasteiger partial charge is 0.243 e. The zero-order valence-corrected chi connectivity index (χ0v) is 14.6. The zero-order chi connectivity index (χ0) is 17.9. The van der Waals surface area contributed by atoms with Crippen molar-refractivity contribution >= 4 is 17.3 Å². The van der Waals surface area contributed by atoms with Gasteiger partial charge in [-0.15, -0.1) is 0 Å². The number of ether oxygens (including phenoxy) is 3. The SMILES string of the molecule is CCOCCOc1ccc(NCC(=O)Nc2ccc(OC)cc2)cc1. The molecular weight excluding hydrogens is 320 g/mol. The fourth-order valence-corrected chi connectivity index (χ4v) is 2.09. The Morgan fingerprint density at radius 1 is 0.920 bits per heavy atom. The van der Waals surface area contributed by atoms with Gasteiger partial charge in [0.1, 0.15) is 18.1 Å². The van der Waals surface area contributed by atoms with E-state index >= 15 is 0 Å². The van der Waals surface area contributed by atoms with Crippen LogP contribution in [0.1, 0.15) is 6.92 Å². The van der Waals surface area contributed by atoms with Gasteiger partial charge >= 0.3 is 0 Å². The zero-order valence-electron chi connectivity index (χ0n) is 14.6. The van der Waals surface area contributed by atoms with Crippen LogP contribution >= 0.6 is 0 Å². The van der Waals surface area contributed by atoms with Gasteiger partial charge in [0.2, 0.25) is 5.91 Å². The second-order valence-electron chi connectivity index (χ2n) is 5.20. The van der Waals surface area contributed by atoms with Crippen LogP contribution in [0.25, 0.3) is 0 Å². The van der Waals surface area contributed by atoms with Crippen molar-refractivity contribution in [3.05, 3.63) is 48.5 Å². The lowest BCUT2D eigenvalue weighted by Gasteiger charge is -2.10. The molecule has 0 aliphatic rings. The van der Waals surface area contributed by atoms with Crippen molar-refractivity contribution in [1.29, 1.82) is 0 Å². The molecule has 25 heavy (non-hydrogen) atoms. The first-order valence-electron chi connectivity index (χ1n) is 8.19. The van der Waals surface area contributed by atoms with Crippen molar-refractivity contribution in [2.45, 2.75) is 6.92 Å². The van der Waals surface area contributed by atoms with Gasteiger partial charge in [0, 0.05) is 18.0 Å². The van der Waals surface area contributed by atoms with E-state index in [2.05, 4.69) is 10.6 Å². The molecule has 2 rings (SSSR count). The lowest BCUT2D eigenvalue weighted by Crippen LogP contribution is -2.21. The molecule has 134 valence electrons. The van der Waals surface area contributed by atoms with Crippen molar-refractivity contribution < 1.29 is 19.0 Å². The Kier molecular flexibility index (Phi) is 7.59. The first-order chi connectivity index (χ1) is 12.2. The van der Waals surface area contributed by atoms with E-state index in [0.717, 1.165) is 22.9 Å². The number of hydrogen-bond acceptors (Lipinski definition) is 5. The average molecular weight is 344 g/mol. The van der Waals surface area contributed by atoms with Gasteiger partial charge in [-0.3, -0.25) is 4.79 Å². The highest BCUT2D eigenvalue weighted by Crippen LogP contribution is 2.16. The normalized spacial score (nSPS) is 10.2. The van der Waals surface area contributed by atoms with Crippen molar-refractivity contribution in [3.8, 4) is 11.5 Å². The summed E-state index contributed by atoms with van der Waals surface area (Å²) in [6, 6.07) is 14.6. The molecular formula is C19H24N2O4. The third-order valence-electron chi connectivity index (χ3n) is 3.38. The standard InChI is InChI=1S/C19H24N2O4/c1-3-24-12-13-25-18-10-4-15(5-11-18)20-14-19(22)21-16-6-8-17(23-2)9-7-16/h4-11,20H,3,12-14H2,1-2H3,(H,21,22). The molecule has 0 bridgehead atoms. The Labute approximate surface area is 148 Å². The summed E-state index contributed by atoms with van der Waals surface area (Å²) in [4.78, 5) is 12.0. The minimum absolute atomic E-state index is 0.123. The van der Waals surface area contributed by atoms with Gasteiger partial charge in [-0.2, -0.15) is 0 Å². The number of nitrogens with one attached hydrogen (secondary N) is 2. The maximum atomic E-state index is 12.0. The first-order valence-corrected chi connectivity index (χ1v) is 8.19. The van der Waals surface area contributed by atoms with E-state index in [1.165, 1.54) is 0 Å². The maximum absolute atomic E-state index is 12.0. The van der Waals surface area contributed by atoms with Crippen LogP contribution in [0.2, 0.25) is 0 Å². The lowest BCUT2D eigenvalue weighted by atomic mass is 10.3. The Balaban J connectivity index is 1.73. The summed E-state index contributed by atoms with van der Waals surface area (Å²) in [5.74, 6) is 1.40. The Bertz CT molecular complexity index is 641. The van der Waals surface area contributed by atoms with Gasteiger partial charge < -0.3 is 24.8 Å². The number of carbonyl (C=O) groups excluding carboxylic acids is 1. The van der Waals surface area contributed by atoms with Crippen LogP contribution in [-0.4, -0.2) is 39.4 Å². The fraction of sp³-hybridized carbons (Fsp3) is 0.316. The molecule has 2 N–H and O–H groups in total. The van der Waals surface area contributed by atoms with Crippen molar-refractivity contribution in [1.82, 2.24) is 0 Å². The minimum Gasteiger partial charge on any atom is -0.497 e. The summed E-state index contributed by atoms with van der Waals surface area (Å²) in [7, 11) is 1.60. The molecule has 1 amide bonds. The van der Waals surface area contributed by atoms with Crippen LogP contribution in [0.4, 0.5) is 11.4 Å². The van der Waals surface area contributed by atoms with E-state index in [1.54, 1.807) is 31.4 Å². The molecule has 0 aliphatic carbocycles. The Hall–Kier alpha value is -2.73. The number of anilines is 2. The highest BCUT2D eigenvalue weighted by molar-refractivity contribution is 5.93. The molecule has 0 fully saturated rings.